The van der Waals surface area contributed by atoms with Crippen LogP contribution >= 0.6 is 0 Å². The van der Waals surface area contributed by atoms with Crippen molar-refractivity contribution in [3.05, 3.63) is 60.6 Å². The quantitative estimate of drug-likeness (QED) is 0.551. The number of piperidine rings is 1. The molecule has 3 aromatic rings. The lowest BCUT2D eigenvalue weighted by atomic mass is 10.00. The third-order valence-electron chi connectivity index (χ3n) is 6.06. The average Bonchev–Trinajstić information content (AvgIpc) is 2.84. The van der Waals surface area contributed by atoms with Gasteiger partial charge in [0.25, 0.3) is 0 Å². The van der Waals surface area contributed by atoms with Gasteiger partial charge in [-0.2, -0.15) is 0 Å². The second-order valence-electron chi connectivity index (χ2n) is 8.47. The fraction of sp³-hybridized carbons (Fsp3) is 0.400. The third kappa shape index (κ3) is 5.53. The van der Waals surface area contributed by atoms with Gasteiger partial charge < -0.3 is 20.3 Å². The van der Waals surface area contributed by atoms with E-state index >= 15 is 0 Å². The molecule has 4 rings (SSSR count). The van der Waals surface area contributed by atoms with Crippen LogP contribution in [0.25, 0.3) is 11.3 Å². The molecule has 1 aliphatic rings. The van der Waals surface area contributed by atoms with Crippen molar-refractivity contribution >= 4 is 11.6 Å². The molecular formula is C25H32N6O. The fourth-order valence-electron chi connectivity index (χ4n) is 4.05. The van der Waals surface area contributed by atoms with E-state index in [9.17, 15) is 0 Å². The van der Waals surface area contributed by atoms with E-state index in [-0.39, 0.29) is 5.92 Å². The summed E-state index contributed by atoms with van der Waals surface area (Å²) in [7, 11) is 3.88. The molecule has 1 atom stereocenters. The van der Waals surface area contributed by atoms with E-state index in [1.54, 1.807) is 13.4 Å². The molecule has 0 unspecified atom stereocenters. The molecule has 1 aliphatic heterocycles. The first-order valence-corrected chi connectivity index (χ1v) is 11.2. The Morgan fingerprint density at radius 3 is 2.62 bits per heavy atom. The first-order valence-electron chi connectivity index (χ1n) is 11.2. The third-order valence-corrected chi connectivity index (χ3v) is 6.06. The van der Waals surface area contributed by atoms with Gasteiger partial charge in [-0.3, -0.25) is 0 Å². The van der Waals surface area contributed by atoms with Crippen molar-refractivity contribution in [2.75, 3.05) is 44.4 Å². The summed E-state index contributed by atoms with van der Waals surface area (Å²) in [6.07, 6.45) is 5.76. The Bertz CT molecular complexity index is 1000. The molecule has 3 heterocycles. The SMILES string of the molecule is COc1ccccc1[C@H](C)CNc1cc(-c2ccc(NC3CCN(C)CC3)nc2)ncn1. The molecule has 2 N–H and O–H groups in total. The number of hydrogen-bond acceptors (Lipinski definition) is 7. The van der Waals surface area contributed by atoms with Gasteiger partial charge in [0.15, 0.2) is 0 Å². The van der Waals surface area contributed by atoms with E-state index in [2.05, 4.69) is 56.6 Å². The van der Waals surface area contributed by atoms with Crippen LogP contribution < -0.4 is 15.4 Å². The molecule has 7 nitrogen and oxygen atoms in total. The van der Waals surface area contributed by atoms with Crippen molar-refractivity contribution < 1.29 is 4.74 Å². The van der Waals surface area contributed by atoms with Gasteiger partial charge in [0, 0.05) is 36.3 Å². The Labute approximate surface area is 190 Å². The number of hydrogen-bond donors (Lipinski definition) is 2. The summed E-state index contributed by atoms with van der Waals surface area (Å²) in [5, 5.41) is 6.99. The van der Waals surface area contributed by atoms with Gasteiger partial charge in [0.1, 0.15) is 23.7 Å². The molecule has 0 radical (unpaired) electrons. The van der Waals surface area contributed by atoms with Gasteiger partial charge in [0.05, 0.1) is 12.8 Å². The van der Waals surface area contributed by atoms with Crippen molar-refractivity contribution in [3.8, 4) is 17.0 Å². The maximum absolute atomic E-state index is 5.49. The number of nitrogens with one attached hydrogen (secondary N) is 2. The number of nitrogens with zero attached hydrogens (tertiary/aromatic N) is 4. The molecule has 32 heavy (non-hydrogen) atoms. The zero-order chi connectivity index (χ0) is 22.3. The molecule has 7 heteroatoms. The highest BCUT2D eigenvalue weighted by atomic mass is 16.5. The highest BCUT2D eigenvalue weighted by Gasteiger charge is 2.16. The molecule has 1 saturated heterocycles. The predicted molar refractivity (Wildman–Crippen MR) is 129 cm³/mol. The van der Waals surface area contributed by atoms with E-state index in [4.69, 9.17) is 4.74 Å². The number of benzene rings is 1. The van der Waals surface area contributed by atoms with Gasteiger partial charge in [-0.05, 0) is 56.7 Å². The predicted octanol–water partition coefficient (Wildman–Crippen LogP) is 4.27. The van der Waals surface area contributed by atoms with Crippen molar-refractivity contribution in [3.63, 3.8) is 0 Å². The summed E-state index contributed by atoms with van der Waals surface area (Å²) in [4.78, 5) is 15.8. The number of methoxy groups -OCH3 is 1. The molecule has 0 spiro atoms. The van der Waals surface area contributed by atoms with Crippen molar-refractivity contribution in [1.29, 1.82) is 0 Å². The van der Waals surface area contributed by atoms with Crippen LogP contribution in [0.1, 0.15) is 31.2 Å². The first-order chi connectivity index (χ1) is 15.6. The minimum atomic E-state index is 0.274. The van der Waals surface area contributed by atoms with Crippen LogP contribution in [0, 0.1) is 0 Å². The molecule has 1 fully saturated rings. The molecule has 0 bridgehead atoms. The van der Waals surface area contributed by atoms with Gasteiger partial charge in [-0.25, -0.2) is 15.0 Å². The molecule has 0 saturated carbocycles. The molecule has 0 amide bonds. The number of rotatable bonds is 8. The first kappa shape index (κ1) is 22.0. The summed E-state index contributed by atoms with van der Waals surface area (Å²) in [5.41, 5.74) is 3.00. The van der Waals surface area contributed by atoms with Crippen LogP contribution in [-0.4, -0.2) is 59.7 Å². The van der Waals surface area contributed by atoms with Crippen LogP contribution in [0.15, 0.2) is 55.0 Å². The van der Waals surface area contributed by atoms with E-state index in [0.29, 0.717) is 6.04 Å². The van der Waals surface area contributed by atoms with Crippen molar-refractivity contribution in [2.24, 2.45) is 0 Å². The smallest absolute Gasteiger partial charge is 0.129 e. The van der Waals surface area contributed by atoms with Crippen LogP contribution in [0.5, 0.6) is 5.75 Å². The molecule has 2 aromatic heterocycles. The zero-order valence-electron chi connectivity index (χ0n) is 19.1. The maximum atomic E-state index is 5.49. The molecule has 168 valence electrons. The van der Waals surface area contributed by atoms with Gasteiger partial charge in [-0.15, -0.1) is 0 Å². The topological polar surface area (TPSA) is 75.2 Å². The summed E-state index contributed by atoms with van der Waals surface area (Å²) < 4.78 is 5.49. The zero-order valence-corrected chi connectivity index (χ0v) is 19.1. The van der Waals surface area contributed by atoms with Crippen LogP contribution in [0.2, 0.25) is 0 Å². The fourth-order valence-corrected chi connectivity index (χ4v) is 4.05. The van der Waals surface area contributed by atoms with Gasteiger partial charge in [0.2, 0.25) is 0 Å². The number of anilines is 2. The van der Waals surface area contributed by atoms with E-state index in [1.165, 1.54) is 5.56 Å². The van der Waals surface area contributed by atoms with Crippen LogP contribution in [-0.2, 0) is 0 Å². The summed E-state index contributed by atoms with van der Waals surface area (Å²) in [5.74, 6) is 2.90. The Balaban J connectivity index is 1.37. The monoisotopic (exact) mass is 432 g/mol. The number of aromatic nitrogens is 3. The maximum Gasteiger partial charge on any atom is 0.129 e. The van der Waals surface area contributed by atoms with Gasteiger partial charge in [-0.1, -0.05) is 25.1 Å². The van der Waals surface area contributed by atoms with E-state index < -0.39 is 0 Å². The Morgan fingerprint density at radius 2 is 1.88 bits per heavy atom. The Morgan fingerprint density at radius 1 is 1.06 bits per heavy atom. The van der Waals surface area contributed by atoms with E-state index in [0.717, 1.165) is 61.1 Å². The minimum Gasteiger partial charge on any atom is -0.496 e. The molecule has 0 aliphatic carbocycles. The highest BCUT2D eigenvalue weighted by molar-refractivity contribution is 5.62. The Hall–Kier alpha value is -3.19. The lowest BCUT2D eigenvalue weighted by molar-refractivity contribution is 0.263. The average molecular weight is 433 g/mol. The lowest BCUT2D eigenvalue weighted by Crippen LogP contribution is -2.36. The van der Waals surface area contributed by atoms with Crippen molar-refractivity contribution in [1.82, 2.24) is 19.9 Å². The van der Waals surface area contributed by atoms with Crippen molar-refractivity contribution in [2.45, 2.75) is 31.7 Å². The Kier molecular flexibility index (Phi) is 7.17. The summed E-state index contributed by atoms with van der Waals surface area (Å²) in [6.45, 7) is 5.17. The number of likely N-dealkylation sites (tertiary alicyclic amines) is 1. The largest absolute Gasteiger partial charge is 0.496 e. The second kappa shape index (κ2) is 10.4. The number of ether oxygens (including phenoxy) is 1. The van der Waals surface area contributed by atoms with Crippen LogP contribution in [0.3, 0.4) is 0 Å². The number of para-hydroxylation sites is 1. The van der Waals surface area contributed by atoms with E-state index in [1.807, 2.05) is 36.5 Å². The minimum absolute atomic E-state index is 0.274. The standard InChI is InChI=1S/C25H32N6O/c1-18(21-6-4-5-7-23(21)32-3)15-26-25-14-22(28-17-29-25)19-8-9-24(27-16-19)30-20-10-12-31(2)13-11-20/h4-9,14,16-18,20H,10-13,15H2,1-3H3,(H,27,30)(H,26,28,29)/t18-/m1/s1. The molecular weight excluding hydrogens is 400 g/mol. The van der Waals surface area contributed by atoms with Gasteiger partial charge >= 0.3 is 0 Å². The number of pyridine rings is 1. The van der Waals surface area contributed by atoms with Crippen LogP contribution in [0.4, 0.5) is 11.6 Å². The normalized spacial score (nSPS) is 15.8. The summed E-state index contributed by atoms with van der Waals surface area (Å²) in [6, 6.07) is 14.7. The lowest BCUT2D eigenvalue weighted by Gasteiger charge is -2.29. The second-order valence-corrected chi connectivity index (χ2v) is 8.47. The highest BCUT2D eigenvalue weighted by Crippen LogP contribution is 2.27. The summed E-state index contributed by atoms with van der Waals surface area (Å²) >= 11 is 0. The molecule has 1 aromatic carbocycles.